The summed E-state index contributed by atoms with van der Waals surface area (Å²) >= 11 is 0. The van der Waals surface area contributed by atoms with E-state index in [2.05, 4.69) is 23.7 Å². The van der Waals surface area contributed by atoms with Crippen LogP contribution in [-0.4, -0.2) is 116 Å². The zero-order chi connectivity index (χ0) is 33.7. The van der Waals surface area contributed by atoms with Gasteiger partial charge in [0.2, 0.25) is 0 Å². The lowest BCUT2D eigenvalue weighted by Crippen LogP contribution is -2.13. The van der Waals surface area contributed by atoms with E-state index in [1.807, 2.05) is 72.8 Å². The van der Waals surface area contributed by atoms with Crippen molar-refractivity contribution in [2.75, 3.05) is 106 Å². The van der Waals surface area contributed by atoms with Gasteiger partial charge < -0.3 is 48.1 Å². The number of aliphatic hydroxyl groups excluding tert-OH is 2. The largest absolute Gasteiger partial charge is 0.491 e. The van der Waals surface area contributed by atoms with Gasteiger partial charge in [0.25, 0.3) is 0 Å². The molecule has 0 aliphatic carbocycles. The first kappa shape index (κ1) is 38.5. The van der Waals surface area contributed by atoms with E-state index in [1.54, 1.807) is 0 Å². The van der Waals surface area contributed by atoms with Gasteiger partial charge in [-0.05, 0) is 72.8 Å². The van der Waals surface area contributed by atoms with Gasteiger partial charge in [-0.3, -0.25) is 0 Å². The van der Waals surface area contributed by atoms with E-state index in [0.717, 1.165) is 33.8 Å². The van der Waals surface area contributed by atoms with Gasteiger partial charge in [0, 0.05) is 22.3 Å². The first-order valence-corrected chi connectivity index (χ1v) is 16.0. The van der Waals surface area contributed by atoms with Crippen molar-refractivity contribution >= 4 is 0 Å². The zero-order valence-electron chi connectivity index (χ0n) is 27.4. The maximum atomic E-state index is 8.63. The van der Waals surface area contributed by atoms with Gasteiger partial charge in [0.05, 0.1) is 92.5 Å². The number of hydrogen-bond acceptors (Lipinski definition) is 10. The fourth-order valence-corrected chi connectivity index (χ4v) is 3.84. The Bertz CT molecular complexity index is 1250. The molecule has 3 rings (SSSR count). The molecule has 10 heteroatoms. The van der Waals surface area contributed by atoms with Crippen LogP contribution in [-0.2, 0) is 28.4 Å². The van der Waals surface area contributed by atoms with Crippen LogP contribution in [0.3, 0.4) is 0 Å². The predicted octanol–water partition coefficient (Wildman–Crippen LogP) is 3.33. The summed E-state index contributed by atoms with van der Waals surface area (Å²) in [7, 11) is 0. The Morgan fingerprint density at radius 3 is 0.812 bits per heavy atom. The van der Waals surface area contributed by atoms with Crippen LogP contribution in [0.15, 0.2) is 72.8 Å². The Morgan fingerprint density at radius 1 is 0.312 bits per heavy atom. The molecule has 0 atom stereocenters. The lowest BCUT2D eigenvalue weighted by atomic mass is 10.1. The highest BCUT2D eigenvalue weighted by Gasteiger charge is 1.98. The van der Waals surface area contributed by atoms with Gasteiger partial charge in [-0.1, -0.05) is 23.7 Å². The molecule has 0 saturated heterocycles. The minimum atomic E-state index is 0.0184. The molecule has 0 bridgehead atoms. The molecule has 258 valence electrons. The second-order valence-corrected chi connectivity index (χ2v) is 9.94. The van der Waals surface area contributed by atoms with Crippen LogP contribution in [0.25, 0.3) is 0 Å². The second-order valence-electron chi connectivity index (χ2n) is 9.94. The Morgan fingerprint density at radius 2 is 0.542 bits per heavy atom. The van der Waals surface area contributed by atoms with Gasteiger partial charge >= 0.3 is 0 Å². The van der Waals surface area contributed by atoms with E-state index in [-0.39, 0.29) is 13.2 Å². The summed E-state index contributed by atoms with van der Waals surface area (Å²) in [4.78, 5) is 0. The van der Waals surface area contributed by atoms with Crippen molar-refractivity contribution < 1.29 is 48.1 Å². The smallest absolute Gasteiger partial charge is 0.119 e. The summed E-state index contributed by atoms with van der Waals surface area (Å²) in [6, 6.07) is 23.1. The van der Waals surface area contributed by atoms with E-state index >= 15 is 0 Å². The Hall–Kier alpha value is -3.94. The number of aliphatic hydroxyl groups is 2. The van der Waals surface area contributed by atoms with Crippen LogP contribution in [0.1, 0.15) is 22.3 Å². The highest BCUT2D eigenvalue weighted by atomic mass is 16.6. The Kier molecular flexibility index (Phi) is 20.9. The summed E-state index contributed by atoms with van der Waals surface area (Å²) in [6.07, 6.45) is 0. The van der Waals surface area contributed by atoms with Crippen molar-refractivity contribution in [3.63, 3.8) is 0 Å². The second kappa shape index (κ2) is 26.1. The number of benzene rings is 3. The summed E-state index contributed by atoms with van der Waals surface area (Å²) in [5, 5.41) is 17.3. The van der Waals surface area contributed by atoms with Crippen LogP contribution in [0, 0.1) is 23.7 Å². The van der Waals surface area contributed by atoms with Crippen molar-refractivity contribution in [2.45, 2.75) is 0 Å². The van der Waals surface area contributed by atoms with E-state index in [0.29, 0.717) is 92.5 Å². The molecule has 3 aromatic carbocycles. The lowest BCUT2D eigenvalue weighted by molar-refractivity contribution is 0.00361. The van der Waals surface area contributed by atoms with Crippen molar-refractivity contribution in [3.05, 3.63) is 95.1 Å². The van der Waals surface area contributed by atoms with E-state index in [9.17, 15) is 0 Å². The maximum absolute atomic E-state index is 8.63. The minimum absolute atomic E-state index is 0.0184. The Balaban J connectivity index is 1.28. The fraction of sp³-hybridized carbons (Fsp3) is 0.421. The molecule has 0 heterocycles. The van der Waals surface area contributed by atoms with Crippen molar-refractivity contribution in [1.82, 2.24) is 0 Å². The topological polar surface area (TPSA) is 114 Å². The van der Waals surface area contributed by atoms with Crippen LogP contribution in [0.5, 0.6) is 11.5 Å². The van der Waals surface area contributed by atoms with Gasteiger partial charge in [-0.25, -0.2) is 0 Å². The van der Waals surface area contributed by atoms with Crippen LogP contribution in [0.2, 0.25) is 0 Å². The van der Waals surface area contributed by atoms with Gasteiger partial charge in [0.1, 0.15) is 24.7 Å². The van der Waals surface area contributed by atoms with Crippen LogP contribution < -0.4 is 9.47 Å². The number of hydrogen-bond donors (Lipinski definition) is 2. The SMILES string of the molecule is OCCOCCOCCOCCOc1ccc(C#Cc2ccc(C#Cc3ccc(OCCOCCOCCOCCO)cc3)cc2)cc1. The van der Waals surface area contributed by atoms with Gasteiger partial charge in [-0.15, -0.1) is 0 Å². The summed E-state index contributed by atoms with van der Waals surface area (Å²) < 4.78 is 43.4. The molecule has 3 aromatic rings. The zero-order valence-corrected chi connectivity index (χ0v) is 27.4. The van der Waals surface area contributed by atoms with Crippen LogP contribution >= 0.6 is 0 Å². The summed E-state index contributed by atoms with van der Waals surface area (Å²) in [5.74, 6) is 14.3. The van der Waals surface area contributed by atoms with E-state index < -0.39 is 0 Å². The number of rotatable bonds is 24. The van der Waals surface area contributed by atoms with Gasteiger partial charge in [-0.2, -0.15) is 0 Å². The molecule has 0 spiro atoms. The third-order valence-corrected chi connectivity index (χ3v) is 6.25. The predicted molar refractivity (Wildman–Crippen MR) is 181 cm³/mol. The molecular weight excluding hydrogens is 616 g/mol. The molecule has 0 aliphatic rings. The van der Waals surface area contributed by atoms with E-state index in [1.165, 1.54) is 0 Å². The van der Waals surface area contributed by atoms with Crippen LogP contribution in [0.4, 0.5) is 0 Å². The standard InChI is InChI=1S/C38H46O10/c39-17-19-41-21-23-43-25-27-45-29-31-47-37-13-9-35(10-14-37)7-5-33-1-2-34(4-3-33)6-8-36-11-15-38(16-12-36)48-32-30-46-28-26-44-24-22-42-20-18-40/h1-4,9-16,39-40H,17-32H2. The third kappa shape index (κ3) is 18.4. The first-order chi connectivity index (χ1) is 23.8. The molecule has 0 amide bonds. The quantitative estimate of drug-likeness (QED) is 0.109. The molecule has 2 N–H and O–H groups in total. The highest BCUT2D eigenvalue weighted by Crippen LogP contribution is 2.13. The van der Waals surface area contributed by atoms with Crippen molar-refractivity contribution in [2.24, 2.45) is 0 Å². The third-order valence-electron chi connectivity index (χ3n) is 6.25. The fourth-order valence-electron chi connectivity index (χ4n) is 3.84. The molecule has 0 unspecified atom stereocenters. The normalized spacial score (nSPS) is 10.5. The molecule has 0 aliphatic heterocycles. The molecule has 0 aromatic heterocycles. The molecule has 0 saturated carbocycles. The summed E-state index contributed by atoms with van der Waals surface area (Å²) in [6.45, 7) is 6.33. The molecule has 0 fully saturated rings. The lowest BCUT2D eigenvalue weighted by Gasteiger charge is -2.08. The van der Waals surface area contributed by atoms with Gasteiger partial charge in [0.15, 0.2) is 0 Å². The van der Waals surface area contributed by atoms with E-state index in [4.69, 9.17) is 48.1 Å². The maximum Gasteiger partial charge on any atom is 0.119 e. The average molecular weight is 663 g/mol. The highest BCUT2D eigenvalue weighted by molar-refractivity contribution is 5.48. The molecular formula is C38H46O10. The molecule has 10 nitrogen and oxygen atoms in total. The van der Waals surface area contributed by atoms with Crippen molar-refractivity contribution in [3.8, 4) is 35.2 Å². The molecule has 0 radical (unpaired) electrons. The molecule has 48 heavy (non-hydrogen) atoms. The van der Waals surface area contributed by atoms with Crippen molar-refractivity contribution in [1.29, 1.82) is 0 Å². The minimum Gasteiger partial charge on any atom is -0.491 e. The first-order valence-electron chi connectivity index (χ1n) is 16.0. The summed E-state index contributed by atoms with van der Waals surface area (Å²) in [5.41, 5.74) is 3.60. The average Bonchev–Trinajstić information content (AvgIpc) is 3.12. The number of ether oxygens (including phenoxy) is 8. The monoisotopic (exact) mass is 662 g/mol. The Labute approximate surface area is 283 Å².